The summed E-state index contributed by atoms with van der Waals surface area (Å²) in [6, 6.07) is 2.66. The molecule has 0 bridgehead atoms. The highest BCUT2D eigenvalue weighted by Gasteiger charge is 2.41. The predicted molar refractivity (Wildman–Crippen MR) is 202 cm³/mol. The molecule has 57 heavy (non-hydrogen) atoms. The van der Waals surface area contributed by atoms with Crippen molar-refractivity contribution in [3.63, 3.8) is 0 Å². The standard InChI is InChI=1S/C38H61N5O14/c1-38(2,3)57-29(44)18-24(39)33(45)40-25(19-30(50-4)51-5)34(46)41-26(20-31(52-6)53-7)36(48)43-17-13-16-28(43)35(47)42-27(21-32(54-8)55-9)37(49)56-22-23-14-11-10-12-15-23/h10-12,14-15,24-28,30-32H,13,16-22,39H2,1-9H3,(H,40,45)(H,41,46)(H,42,47)/t24-,25+,26+,27+,28-/m0/s1. The van der Waals surface area contributed by atoms with Gasteiger partial charge in [-0.15, -0.1) is 0 Å². The van der Waals surface area contributed by atoms with E-state index in [9.17, 15) is 28.8 Å². The lowest BCUT2D eigenvalue weighted by Gasteiger charge is -2.32. The van der Waals surface area contributed by atoms with Gasteiger partial charge in [0.25, 0.3) is 0 Å². The third-order valence-electron chi connectivity index (χ3n) is 8.92. The van der Waals surface area contributed by atoms with E-state index in [2.05, 4.69) is 16.0 Å². The molecule has 322 valence electrons. The van der Waals surface area contributed by atoms with E-state index >= 15 is 0 Å². The van der Waals surface area contributed by atoms with Gasteiger partial charge in [-0.1, -0.05) is 30.3 Å². The summed E-state index contributed by atoms with van der Waals surface area (Å²) in [7, 11) is 8.16. The van der Waals surface area contributed by atoms with Gasteiger partial charge in [0.2, 0.25) is 23.6 Å². The quantitative estimate of drug-likeness (QED) is 0.0809. The van der Waals surface area contributed by atoms with Gasteiger partial charge >= 0.3 is 11.9 Å². The van der Waals surface area contributed by atoms with E-state index in [0.717, 1.165) is 5.56 Å². The number of amides is 4. The molecule has 0 radical (unpaired) electrons. The number of hydrogen-bond acceptors (Lipinski definition) is 15. The van der Waals surface area contributed by atoms with E-state index in [4.69, 9.17) is 43.6 Å². The van der Waals surface area contributed by atoms with E-state index in [0.29, 0.717) is 6.42 Å². The number of ether oxygens (including phenoxy) is 8. The van der Waals surface area contributed by atoms with Crippen LogP contribution < -0.4 is 21.7 Å². The normalized spacial score (nSPS) is 16.5. The fourth-order valence-corrected chi connectivity index (χ4v) is 5.92. The molecule has 0 unspecified atom stereocenters. The van der Waals surface area contributed by atoms with Gasteiger partial charge in [0.05, 0.1) is 12.5 Å². The highest BCUT2D eigenvalue weighted by Crippen LogP contribution is 2.22. The zero-order chi connectivity index (χ0) is 42.7. The van der Waals surface area contributed by atoms with Crippen LogP contribution in [0, 0.1) is 0 Å². The molecule has 2 rings (SSSR count). The third-order valence-corrected chi connectivity index (χ3v) is 8.92. The molecule has 1 aromatic rings. The summed E-state index contributed by atoms with van der Waals surface area (Å²) >= 11 is 0. The predicted octanol–water partition coefficient (Wildman–Crippen LogP) is 0.261. The van der Waals surface area contributed by atoms with Crippen molar-refractivity contribution in [1.29, 1.82) is 0 Å². The summed E-state index contributed by atoms with van der Waals surface area (Å²) < 4.78 is 42.6. The number of methoxy groups -OCH3 is 6. The molecule has 5 N–H and O–H groups in total. The second-order valence-electron chi connectivity index (χ2n) is 14.3. The molecule has 0 spiro atoms. The molecule has 0 aliphatic carbocycles. The number of likely N-dealkylation sites (tertiary alicyclic amines) is 1. The Morgan fingerprint density at radius 2 is 1.25 bits per heavy atom. The van der Waals surface area contributed by atoms with Gasteiger partial charge in [-0.2, -0.15) is 0 Å². The number of nitrogens with zero attached hydrogens (tertiary/aromatic N) is 1. The highest BCUT2D eigenvalue weighted by atomic mass is 16.7. The van der Waals surface area contributed by atoms with Crippen molar-refractivity contribution < 1.29 is 66.7 Å². The van der Waals surface area contributed by atoms with Crippen LogP contribution >= 0.6 is 0 Å². The third kappa shape index (κ3) is 16.6. The fraction of sp³-hybridized carbons (Fsp3) is 0.684. The maximum absolute atomic E-state index is 14.3. The molecule has 1 heterocycles. The summed E-state index contributed by atoms with van der Waals surface area (Å²) in [4.78, 5) is 82.3. The Hall–Kier alpha value is -4.24. The Labute approximate surface area is 334 Å². The fourth-order valence-electron chi connectivity index (χ4n) is 5.92. The van der Waals surface area contributed by atoms with Crippen molar-refractivity contribution in [2.45, 2.75) is 121 Å². The van der Waals surface area contributed by atoms with Crippen LogP contribution in [0.5, 0.6) is 0 Å². The lowest BCUT2D eigenvalue weighted by atomic mass is 10.1. The van der Waals surface area contributed by atoms with Crippen molar-refractivity contribution in [3.05, 3.63) is 35.9 Å². The Morgan fingerprint density at radius 1 is 0.737 bits per heavy atom. The largest absolute Gasteiger partial charge is 0.460 e. The number of carbonyl (C=O) groups excluding carboxylic acids is 6. The molecule has 19 heteroatoms. The van der Waals surface area contributed by atoms with Gasteiger partial charge in [-0.3, -0.25) is 24.0 Å². The second kappa shape index (κ2) is 24.5. The van der Waals surface area contributed by atoms with Crippen LogP contribution in [0.4, 0.5) is 0 Å². The lowest BCUT2D eigenvalue weighted by molar-refractivity contribution is -0.157. The van der Waals surface area contributed by atoms with Gasteiger partial charge < -0.3 is 64.5 Å². The van der Waals surface area contributed by atoms with Crippen molar-refractivity contribution in [3.8, 4) is 0 Å². The first-order chi connectivity index (χ1) is 27.0. The zero-order valence-electron chi connectivity index (χ0n) is 34.4. The van der Waals surface area contributed by atoms with Crippen LogP contribution in [0.1, 0.15) is 64.9 Å². The van der Waals surface area contributed by atoms with Crippen LogP contribution in [-0.4, -0.2) is 144 Å². The molecule has 1 aliphatic heterocycles. The number of benzene rings is 1. The average molecular weight is 812 g/mol. The van der Waals surface area contributed by atoms with Gasteiger partial charge in [-0.25, -0.2) is 4.79 Å². The summed E-state index contributed by atoms with van der Waals surface area (Å²) in [6.07, 6.45) is -3.11. The summed E-state index contributed by atoms with van der Waals surface area (Å²) in [5, 5.41) is 7.90. The maximum atomic E-state index is 14.3. The molecule has 1 aromatic carbocycles. The number of esters is 2. The topological polar surface area (TPSA) is 242 Å². The van der Waals surface area contributed by atoms with E-state index in [1.54, 1.807) is 45.0 Å². The van der Waals surface area contributed by atoms with Crippen LogP contribution in [0.3, 0.4) is 0 Å². The van der Waals surface area contributed by atoms with Crippen LogP contribution in [0.2, 0.25) is 0 Å². The van der Waals surface area contributed by atoms with Gasteiger partial charge in [-0.05, 0) is 39.2 Å². The minimum absolute atomic E-state index is 0.0428. The van der Waals surface area contributed by atoms with E-state index in [1.165, 1.54) is 47.6 Å². The molecular formula is C38H61N5O14. The van der Waals surface area contributed by atoms with Gasteiger partial charge in [0.15, 0.2) is 18.9 Å². The molecule has 4 amide bonds. The number of carbonyl (C=O) groups is 6. The van der Waals surface area contributed by atoms with E-state index in [-0.39, 0.29) is 38.8 Å². The number of nitrogens with one attached hydrogen (secondary N) is 3. The van der Waals surface area contributed by atoms with Gasteiger partial charge in [0.1, 0.15) is 36.4 Å². The molecule has 5 atom stereocenters. The molecule has 19 nitrogen and oxygen atoms in total. The highest BCUT2D eigenvalue weighted by molar-refractivity contribution is 5.96. The summed E-state index contributed by atoms with van der Waals surface area (Å²) in [5.74, 6) is -4.43. The van der Waals surface area contributed by atoms with Gasteiger partial charge in [0, 0.05) is 68.5 Å². The molecule has 1 fully saturated rings. The Kier molecular flexibility index (Phi) is 21.0. The molecular weight excluding hydrogens is 750 g/mol. The van der Waals surface area contributed by atoms with Crippen molar-refractivity contribution in [2.75, 3.05) is 49.2 Å². The van der Waals surface area contributed by atoms with E-state index < -0.39 is 96.7 Å². The average Bonchev–Trinajstić information content (AvgIpc) is 3.68. The Morgan fingerprint density at radius 3 is 1.77 bits per heavy atom. The van der Waals surface area contributed by atoms with Crippen LogP contribution in [0.25, 0.3) is 0 Å². The first kappa shape index (κ1) is 48.9. The van der Waals surface area contributed by atoms with Crippen molar-refractivity contribution in [1.82, 2.24) is 20.9 Å². The first-order valence-electron chi connectivity index (χ1n) is 18.6. The molecule has 1 aliphatic rings. The van der Waals surface area contributed by atoms with E-state index in [1.807, 2.05) is 6.07 Å². The lowest BCUT2D eigenvalue weighted by Crippen LogP contribution is -2.59. The molecule has 0 saturated carbocycles. The summed E-state index contributed by atoms with van der Waals surface area (Å²) in [5.41, 5.74) is 5.94. The maximum Gasteiger partial charge on any atom is 0.329 e. The first-order valence-corrected chi connectivity index (χ1v) is 18.6. The minimum atomic E-state index is -1.38. The molecule has 0 aromatic heterocycles. The number of nitrogens with two attached hydrogens (primary N) is 1. The Bertz CT molecular complexity index is 1430. The monoisotopic (exact) mass is 811 g/mol. The smallest absolute Gasteiger partial charge is 0.329 e. The summed E-state index contributed by atoms with van der Waals surface area (Å²) in [6.45, 7) is 5.10. The SMILES string of the molecule is COC(C[C@@H](NC(=O)[C@@H](N)CC(=O)OC(C)(C)C)C(=O)N[C@H](CC(OC)OC)C(=O)N1CCC[C@H]1C(=O)N[C@H](CC(OC)OC)C(=O)OCc1ccccc1)OC. The second-order valence-corrected chi connectivity index (χ2v) is 14.3. The van der Waals surface area contributed by atoms with Crippen LogP contribution in [0.15, 0.2) is 30.3 Å². The minimum Gasteiger partial charge on any atom is -0.460 e. The molecule has 1 saturated heterocycles. The van der Waals surface area contributed by atoms with Crippen LogP contribution in [-0.2, 0) is 73.3 Å². The van der Waals surface area contributed by atoms with Crippen molar-refractivity contribution in [2.24, 2.45) is 5.73 Å². The zero-order valence-corrected chi connectivity index (χ0v) is 34.4. The Balaban J connectivity index is 2.33. The number of hydrogen-bond donors (Lipinski definition) is 4. The number of rotatable bonds is 24. The van der Waals surface area contributed by atoms with Crippen molar-refractivity contribution >= 4 is 35.6 Å².